The van der Waals surface area contributed by atoms with Gasteiger partial charge in [-0.05, 0) is 36.8 Å². The molecule has 0 aliphatic heterocycles. The average Bonchev–Trinajstić information content (AvgIpc) is 2.46. The van der Waals surface area contributed by atoms with E-state index < -0.39 is 10.0 Å². The smallest absolute Gasteiger partial charge is 0.264 e. The van der Waals surface area contributed by atoms with Gasteiger partial charge in [-0.2, -0.15) is 0 Å². The van der Waals surface area contributed by atoms with Crippen LogP contribution in [0.5, 0.6) is 0 Å². The Balaban J connectivity index is 2.47. The highest BCUT2D eigenvalue weighted by Gasteiger charge is 2.23. The molecule has 0 saturated heterocycles. The van der Waals surface area contributed by atoms with Crippen molar-refractivity contribution in [3.63, 3.8) is 0 Å². The molecule has 0 amide bonds. The van der Waals surface area contributed by atoms with Crippen LogP contribution in [0.3, 0.4) is 0 Å². The Bertz CT molecular complexity index is 774. The Hall–Kier alpha value is -1.99. The van der Waals surface area contributed by atoms with Crippen LogP contribution in [0.25, 0.3) is 0 Å². The van der Waals surface area contributed by atoms with Crippen molar-refractivity contribution in [3.05, 3.63) is 53.9 Å². The molecule has 1 aromatic carbocycles. The van der Waals surface area contributed by atoms with Crippen molar-refractivity contribution in [1.82, 2.24) is 4.98 Å². The lowest BCUT2D eigenvalue weighted by molar-refractivity contribution is 0.593. The van der Waals surface area contributed by atoms with Crippen LogP contribution < -0.4 is 10.0 Å². The van der Waals surface area contributed by atoms with E-state index in [9.17, 15) is 8.42 Å². The number of sulfonamides is 1. The largest absolute Gasteiger partial charge is 0.389 e. The summed E-state index contributed by atoms with van der Waals surface area (Å²) in [5.74, 6) is 0. The van der Waals surface area contributed by atoms with E-state index in [-0.39, 0.29) is 9.88 Å². The molecule has 110 valence electrons. The summed E-state index contributed by atoms with van der Waals surface area (Å²) in [5, 5.41) is 0. The first-order valence-corrected chi connectivity index (χ1v) is 7.98. The van der Waals surface area contributed by atoms with E-state index in [1.54, 1.807) is 37.4 Å². The zero-order chi connectivity index (χ0) is 15.6. The fraction of sp³-hybridized carbons (Fsp3) is 0.143. The molecule has 7 heteroatoms. The van der Waals surface area contributed by atoms with Crippen LogP contribution in [0, 0.1) is 6.92 Å². The first kappa shape index (κ1) is 15.4. The number of hydrogen-bond acceptors (Lipinski definition) is 4. The summed E-state index contributed by atoms with van der Waals surface area (Å²) in [6.45, 7) is 1.71. The molecule has 21 heavy (non-hydrogen) atoms. The molecule has 1 heterocycles. The van der Waals surface area contributed by atoms with Crippen molar-refractivity contribution < 1.29 is 8.42 Å². The zero-order valence-electron chi connectivity index (χ0n) is 11.6. The maximum atomic E-state index is 12.7. The first-order valence-electron chi connectivity index (χ1n) is 6.13. The molecule has 2 N–H and O–H groups in total. The molecule has 0 spiro atoms. The van der Waals surface area contributed by atoms with Crippen LogP contribution >= 0.6 is 12.2 Å². The minimum atomic E-state index is -3.66. The summed E-state index contributed by atoms with van der Waals surface area (Å²) in [4.78, 5) is 4.39. The molecule has 5 nitrogen and oxygen atoms in total. The maximum absolute atomic E-state index is 12.7. The topological polar surface area (TPSA) is 76.3 Å². The fourth-order valence-corrected chi connectivity index (χ4v) is 3.43. The number of aromatic nitrogens is 1. The predicted octanol–water partition coefficient (Wildman–Crippen LogP) is 1.85. The van der Waals surface area contributed by atoms with Gasteiger partial charge in [0, 0.05) is 18.8 Å². The Kier molecular flexibility index (Phi) is 4.24. The van der Waals surface area contributed by atoms with E-state index in [0.717, 1.165) is 0 Å². The van der Waals surface area contributed by atoms with E-state index in [4.69, 9.17) is 18.0 Å². The summed E-state index contributed by atoms with van der Waals surface area (Å²) in [7, 11) is -2.16. The Labute approximate surface area is 129 Å². The van der Waals surface area contributed by atoms with Gasteiger partial charge >= 0.3 is 0 Å². The van der Waals surface area contributed by atoms with Crippen LogP contribution in [-0.2, 0) is 10.0 Å². The lowest BCUT2D eigenvalue weighted by Gasteiger charge is -2.20. The second-order valence-corrected chi connectivity index (χ2v) is 6.91. The van der Waals surface area contributed by atoms with E-state index in [1.807, 2.05) is 0 Å². The Morgan fingerprint density at radius 3 is 2.57 bits per heavy atom. The van der Waals surface area contributed by atoms with Crippen LogP contribution in [0.1, 0.15) is 11.1 Å². The molecule has 0 saturated carbocycles. The van der Waals surface area contributed by atoms with E-state index in [1.165, 1.54) is 23.6 Å². The van der Waals surface area contributed by atoms with Gasteiger partial charge in [-0.15, -0.1) is 0 Å². The second-order valence-electron chi connectivity index (χ2n) is 4.53. The lowest BCUT2D eigenvalue weighted by atomic mass is 10.1. The van der Waals surface area contributed by atoms with Crippen LogP contribution in [0.15, 0.2) is 47.6 Å². The number of aryl methyl sites for hydroxylation is 1. The van der Waals surface area contributed by atoms with Gasteiger partial charge in [-0.3, -0.25) is 9.29 Å². The normalized spacial score (nSPS) is 11.1. The van der Waals surface area contributed by atoms with Crippen molar-refractivity contribution in [2.45, 2.75) is 11.8 Å². The van der Waals surface area contributed by atoms with Gasteiger partial charge < -0.3 is 5.73 Å². The molecule has 0 fully saturated rings. The number of anilines is 1. The molecule has 0 unspecified atom stereocenters. The third kappa shape index (κ3) is 3.03. The van der Waals surface area contributed by atoms with Crippen LogP contribution in [0.2, 0.25) is 0 Å². The van der Waals surface area contributed by atoms with Gasteiger partial charge in [0.2, 0.25) is 0 Å². The maximum Gasteiger partial charge on any atom is 0.264 e. The van der Waals surface area contributed by atoms with E-state index in [0.29, 0.717) is 16.8 Å². The molecular formula is C14H15N3O2S2. The third-order valence-electron chi connectivity index (χ3n) is 3.11. The van der Waals surface area contributed by atoms with Crippen molar-refractivity contribution in [2.24, 2.45) is 5.73 Å². The van der Waals surface area contributed by atoms with Gasteiger partial charge in [0.25, 0.3) is 10.0 Å². The monoisotopic (exact) mass is 321 g/mol. The molecule has 0 atom stereocenters. The quantitative estimate of drug-likeness (QED) is 0.870. The number of hydrogen-bond donors (Lipinski definition) is 1. The van der Waals surface area contributed by atoms with Crippen molar-refractivity contribution in [3.8, 4) is 0 Å². The molecule has 0 radical (unpaired) electrons. The molecule has 0 aliphatic carbocycles. The van der Waals surface area contributed by atoms with Gasteiger partial charge in [0.15, 0.2) is 0 Å². The van der Waals surface area contributed by atoms with Gasteiger partial charge in [0.05, 0.1) is 16.8 Å². The van der Waals surface area contributed by atoms with E-state index >= 15 is 0 Å². The van der Waals surface area contributed by atoms with Gasteiger partial charge in [-0.1, -0.05) is 18.3 Å². The summed E-state index contributed by atoms with van der Waals surface area (Å²) in [5.41, 5.74) is 7.29. The fourth-order valence-electron chi connectivity index (χ4n) is 1.92. The number of thiocarbonyl (C=S) groups is 1. The zero-order valence-corrected chi connectivity index (χ0v) is 13.3. The average molecular weight is 321 g/mol. The summed E-state index contributed by atoms with van der Waals surface area (Å²) >= 11 is 4.90. The van der Waals surface area contributed by atoms with Crippen LogP contribution in [-0.4, -0.2) is 25.4 Å². The minimum Gasteiger partial charge on any atom is -0.389 e. The Morgan fingerprint density at radius 2 is 2.05 bits per heavy atom. The highest BCUT2D eigenvalue weighted by molar-refractivity contribution is 7.92. The van der Waals surface area contributed by atoms with Crippen molar-refractivity contribution >= 4 is 32.9 Å². The molecule has 0 bridgehead atoms. The molecular weight excluding hydrogens is 306 g/mol. The third-order valence-corrected chi connectivity index (χ3v) is 5.29. The van der Waals surface area contributed by atoms with Gasteiger partial charge in [0.1, 0.15) is 4.99 Å². The number of rotatable bonds is 4. The van der Waals surface area contributed by atoms with Gasteiger partial charge in [-0.25, -0.2) is 8.42 Å². The standard InChI is InChI=1S/C14H15N3O2S2/c1-10-8-11(14(15)20)5-6-13(10)21(18,19)17(2)12-4-3-7-16-9-12/h3-9H,1-2H3,(H2,15,20). The minimum absolute atomic E-state index is 0.217. The number of benzene rings is 1. The highest BCUT2D eigenvalue weighted by Crippen LogP contribution is 2.24. The second kappa shape index (κ2) is 5.79. The lowest BCUT2D eigenvalue weighted by Crippen LogP contribution is -2.27. The van der Waals surface area contributed by atoms with E-state index in [2.05, 4.69) is 4.98 Å². The van der Waals surface area contributed by atoms with Crippen LogP contribution in [0.4, 0.5) is 5.69 Å². The number of nitrogens with zero attached hydrogens (tertiary/aromatic N) is 2. The highest BCUT2D eigenvalue weighted by atomic mass is 32.2. The summed E-state index contributed by atoms with van der Waals surface area (Å²) in [6.07, 6.45) is 3.09. The molecule has 2 rings (SSSR count). The summed E-state index contributed by atoms with van der Waals surface area (Å²) < 4.78 is 26.5. The first-order chi connectivity index (χ1) is 9.84. The molecule has 1 aromatic heterocycles. The SMILES string of the molecule is Cc1cc(C(N)=S)ccc1S(=O)(=O)N(C)c1cccnc1. The predicted molar refractivity (Wildman–Crippen MR) is 86.9 cm³/mol. The number of nitrogens with two attached hydrogens (primary N) is 1. The molecule has 0 aliphatic rings. The Morgan fingerprint density at radius 1 is 1.33 bits per heavy atom. The van der Waals surface area contributed by atoms with Crippen molar-refractivity contribution in [1.29, 1.82) is 0 Å². The van der Waals surface area contributed by atoms with Crippen molar-refractivity contribution in [2.75, 3.05) is 11.4 Å². The molecule has 2 aromatic rings. The number of pyridine rings is 1. The summed E-state index contributed by atoms with van der Waals surface area (Å²) in [6, 6.07) is 8.17.